The third-order valence-corrected chi connectivity index (χ3v) is 2.41. The van der Waals surface area contributed by atoms with Crippen LogP contribution in [0.1, 0.15) is 37.0 Å². The fraction of sp³-hybridized carbons (Fsp3) is 0.308. The minimum Gasteiger partial charge on any atom is -0.326 e. The lowest BCUT2D eigenvalue weighted by atomic mass is 10.2. The first-order chi connectivity index (χ1) is 7.63. The first-order valence-electron chi connectivity index (χ1n) is 5.37. The van der Waals surface area contributed by atoms with Crippen molar-refractivity contribution in [3.63, 3.8) is 0 Å². The van der Waals surface area contributed by atoms with Crippen molar-refractivity contribution in [1.29, 1.82) is 0 Å². The third-order valence-electron chi connectivity index (χ3n) is 2.16. The maximum absolute atomic E-state index is 11.7. The predicted molar refractivity (Wildman–Crippen MR) is 67.6 cm³/mol. The molecule has 3 heteroatoms. The largest absolute Gasteiger partial charge is 0.326 e. The van der Waals surface area contributed by atoms with Crippen molar-refractivity contribution < 1.29 is 4.79 Å². The molecule has 0 saturated carbocycles. The molecule has 0 spiro atoms. The summed E-state index contributed by atoms with van der Waals surface area (Å²) >= 11 is 5.75. The van der Waals surface area contributed by atoms with Crippen molar-refractivity contribution in [2.24, 2.45) is 0 Å². The number of unbranched alkanes of at least 4 members (excludes halogenated alkanes) is 1. The van der Waals surface area contributed by atoms with Crippen molar-refractivity contribution in [3.05, 3.63) is 46.6 Å². The molecule has 0 atom stereocenters. The minimum atomic E-state index is -0.0958. The summed E-state index contributed by atoms with van der Waals surface area (Å²) in [5.41, 5.74) is 1.51. The maximum atomic E-state index is 11.7. The van der Waals surface area contributed by atoms with Gasteiger partial charge in [0.1, 0.15) is 0 Å². The first kappa shape index (κ1) is 12.8. The smallest absolute Gasteiger partial charge is 0.255 e. The Kier molecular flexibility index (Phi) is 5.06. The molecule has 0 aliphatic carbocycles. The molecule has 1 amide bonds. The Bertz CT molecular complexity index is 381. The highest BCUT2D eigenvalue weighted by atomic mass is 35.5. The minimum absolute atomic E-state index is 0.0958. The lowest BCUT2D eigenvalue weighted by Gasteiger charge is -2.05. The quantitative estimate of drug-likeness (QED) is 0.849. The SMILES string of the molecule is CCCC=C(C)NC(=O)c1ccc(Cl)cc1. The van der Waals surface area contributed by atoms with E-state index >= 15 is 0 Å². The average molecular weight is 238 g/mol. The molecule has 0 fully saturated rings. The van der Waals surface area contributed by atoms with Crippen molar-refractivity contribution in [2.75, 3.05) is 0 Å². The standard InChI is InChI=1S/C13H16ClNO/c1-3-4-5-10(2)15-13(16)11-6-8-12(14)9-7-11/h5-9H,3-4H2,1-2H3,(H,15,16). The van der Waals surface area contributed by atoms with Crippen LogP contribution in [0.4, 0.5) is 0 Å². The van der Waals surface area contributed by atoms with E-state index in [-0.39, 0.29) is 5.91 Å². The Hall–Kier alpha value is -1.28. The Morgan fingerprint density at radius 1 is 1.38 bits per heavy atom. The van der Waals surface area contributed by atoms with Crippen LogP contribution in [-0.2, 0) is 0 Å². The van der Waals surface area contributed by atoms with Gasteiger partial charge in [-0.15, -0.1) is 0 Å². The highest BCUT2D eigenvalue weighted by Gasteiger charge is 2.04. The van der Waals surface area contributed by atoms with Crippen LogP contribution in [0.15, 0.2) is 36.0 Å². The van der Waals surface area contributed by atoms with E-state index < -0.39 is 0 Å². The molecular formula is C13H16ClNO. The van der Waals surface area contributed by atoms with Gasteiger partial charge < -0.3 is 5.32 Å². The molecule has 0 saturated heterocycles. The normalized spacial score (nSPS) is 11.3. The summed E-state index contributed by atoms with van der Waals surface area (Å²) in [5.74, 6) is -0.0958. The Labute approximate surface area is 101 Å². The molecular weight excluding hydrogens is 222 g/mol. The Balaban J connectivity index is 2.62. The van der Waals surface area contributed by atoms with Gasteiger partial charge in [-0.1, -0.05) is 31.0 Å². The Morgan fingerprint density at radius 3 is 2.56 bits per heavy atom. The monoisotopic (exact) mass is 237 g/mol. The summed E-state index contributed by atoms with van der Waals surface area (Å²) in [4.78, 5) is 11.7. The second kappa shape index (κ2) is 6.33. The molecule has 0 aliphatic rings. The van der Waals surface area contributed by atoms with Gasteiger partial charge in [-0.25, -0.2) is 0 Å². The fourth-order valence-electron chi connectivity index (χ4n) is 1.26. The molecule has 16 heavy (non-hydrogen) atoms. The van der Waals surface area contributed by atoms with E-state index in [0.29, 0.717) is 10.6 Å². The highest BCUT2D eigenvalue weighted by Crippen LogP contribution is 2.09. The summed E-state index contributed by atoms with van der Waals surface area (Å²) in [6, 6.07) is 6.85. The van der Waals surface area contributed by atoms with Crippen molar-refractivity contribution in [1.82, 2.24) is 5.32 Å². The second-order valence-electron chi connectivity index (χ2n) is 3.64. The van der Waals surface area contributed by atoms with Gasteiger partial charge in [0.25, 0.3) is 5.91 Å². The van der Waals surface area contributed by atoms with Gasteiger partial charge in [0.05, 0.1) is 0 Å². The van der Waals surface area contributed by atoms with E-state index in [9.17, 15) is 4.79 Å². The van der Waals surface area contributed by atoms with E-state index in [1.165, 1.54) is 0 Å². The van der Waals surface area contributed by atoms with Gasteiger partial charge in [-0.2, -0.15) is 0 Å². The third kappa shape index (κ3) is 4.07. The number of carbonyl (C=O) groups is 1. The number of rotatable bonds is 4. The lowest BCUT2D eigenvalue weighted by molar-refractivity contribution is 0.0966. The zero-order valence-electron chi connectivity index (χ0n) is 9.59. The number of amides is 1. The van der Waals surface area contributed by atoms with E-state index in [0.717, 1.165) is 18.5 Å². The molecule has 1 rings (SSSR count). The van der Waals surface area contributed by atoms with Gasteiger partial charge in [0, 0.05) is 16.3 Å². The molecule has 0 unspecified atom stereocenters. The number of nitrogens with one attached hydrogen (secondary N) is 1. The van der Waals surface area contributed by atoms with E-state index in [1.807, 2.05) is 13.0 Å². The van der Waals surface area contributed by atoms with Crippen molar-refractivity contribution >= 4 is 17.5 Å². The summed E-state index contributed by atoms with van der Waals surface area (Å²) in [6.07, 6.45) is 4.08. The van der Waals surface area contributed by atoms with Crippen LogP contribution in [0.2, 0.25) is 5.02 Å². The molecule has 1 N–H and O–H groups in total. The number of carbonyl (C=O) groups excluding carboxylic acids is 1. The summed E-state index contributed by atoms with van der Waals surface area (Å²) in [6.45, 7) is 3.99. The van der Waals surface area contributed by atoms with Crippen LogP contribution < -0.4 is 5.32 Å². The molecule has 86 valence electrons. The zero-order valence-corrected chi connectivity index (χ0v) is 10.3. The van der Waals surface area contributed by atoms with Crippen LogP contribution in [0.25, 0.3) is 0 Å². The van der Waals surface area contributed by atoms with Crippen LogP contribution in [0.5, 0.6) is 0 Å². The van der Waals surface area contributed by atoms with Gasteiger partial charge in [-0.05, 0) is 37.6 Å². The van der Waals surface area contributed by atoms with E-state index in [1.54, 1.807) is 24.3 Å². The number of hydrogen-bond donors (Lipinski definition) is 1. The molecule has 0 bridgehead atoms. The van der Waals surface area contributed by atoms with Gasteiger partial charge >= 0.3 is 0 Å². The van der Waals surface area contributed by atoms with Crippen molar-refractivity contribution in [3.8, 4) is 0 Å². The van der Waals surface area contributed by atoms with Crippen LogP contribution >= 0.6 is 11.6 Å². The molecule has 2 nitrogen and oxygen atoms in total. The number of halogens is 1. The number of benzene rings is 1. The average Bonchev–Trinajstić information content (AvgIpc) is 2.27. The molecule has 1 aromatic carbocycles. The summed E-state index contributed by atoms with van der Waals surface area (Å²) in [7, 11) is 0. The summed E-state index contributed by atoms with van der Waals surface area (Å²) in [5, 5.41) is 3.46. The topological polar surface area (TPSA) is 29.1 Å². The molecule has 1 aromatic rings. The number of hydrogen-bond acceptors (Lipinski definition) is 1. The first-order valence-corrected chi connectivity index (χ1v) is 5.75. The molecule has 0 aromatic heterocycles. The molecule has 0 aliphatic heterocycles. The summed E-state index contributed by atoms with van der Waals surface area (Å²) < 4.78 is 0. The molecule has 0 heterocycles. The number of allylic oxidation sites excluding steroid dienone is 2. The highest BCUT2D eigenvalue weighted by molar-refractivity contribution is 6.30. The zero-order chi connectivity index (χ0) is 12.0. The van der Waals surface area contributed by atoms with Gasteiger partial charge in [0.15, 0.2) is 0 Å². The van der Waals surface area contributed by atoms with E-state index in [2.05, 4.69) is 12.2 Å². The van der Waals surface area contributed by atoms with Gasteiger partial charge in [0.2, 0.25) is 0 Å². The molecule has 0 radical (unpaired) electrons. The van der Waals surface area contributed by atoms with Crippen molar-refractivity contribution in [2.45, 2.75) is 26.7 Å². The van der Waals surface area contributed by atoms with Crippen LogP contribution in [0.3, 0.4) is 0 Å². The Morgan fingerprint density at radius 2 is 2.00 bits per heavy atom. The van der Waals surface area contributed by atoms with Crippen LogP contribution in [0, 0.1) is 0 Å². The van der Waals surface area contributed by atoms with E-state index in [4.69, 9.17) is 11.6 Å². The van der Waals surface area contributed by atoms with Crippen LogP contribution in [-0.4, -0.2) is 5.91 Å². The second-order valence-corrected chi connectivity index (χ2v) is 4.07. The van der Waals surface area contributed by atoms with Gasteiger partial charge in [-0.3, -0.25) is 4.79 Å². The fourth-order valence-corrected chi connectivity index (χ4v) is 1.39. The predicted octanol–water partition coefficient (Wildman–Crippen LogP) is 3.77. The maximum Gasteiger partial charge on any atom is 0.255 e. The lowest BCUT2D eigenvalue weighted by Crippen LogP contribution is -2.21.